The van der Waals surface area contributed by atoms with Crippen molar-refractivity contribution < 1.29 is 29.0 Å². The first-order valence-corrected chi connectivity index (χ1v) is 11.6. The normalized spacial score (nSPS) is 10.7. The summed E-state index contributed by atoms with van der Waals surface area (Å²) in [6, 6.07) is 11.0. The highest BCUT2D eigenvalue weighted by Crippen LogP contribution is 2.34. The van der Waals surface area contributed by atoms with Gasteiger partial charge in [0, 0.05) is 35.5 Å². The smallest absolute Gasteiger partial charge is 0.340 e. The number of hydrogen-bond acceptors (Lipinski definition) is 5. The van der Waals surface area contributed by atoms with Crippen molar-refractivity contribution in [3.8, 4) is 16.9 Å². The van der Waals surface area contributed by atoms with Crippen LogP contribution in [0.25, 0.3) is 22.0 Å². The summed E-state index contributed by atoms with van der Waals surface area (Å²) >= 11 is 6.49. The summed E-state index contributed by atoms with van der Waals surface area (Å²) in [6.45, 7) is 4.33. The number of carboxylic acid groups (broad SMARTS) is 1. The molecule has 0 aliphatic rings. The number of aromatic amines is 1. The van der Waals surface area contributed by atoms with E-state index in [2.05, 4.69) is 16.9 Å². The van der Waals surface area contributed by atoms with Gasteiger partial charge in [-0.15, -0.1) is 0 Å². The number of carbonyl (C=O) groups is 3. The molecule has 0 atom stereocenters. The number of aliphatic carboxylic acids is 1. The molecule has 35 heavy (non-hydrogen) atoms. The first-order chi connectivity index (χ1) is 16.9. The molecule has 9 heteroatoms. The first kappa shape index (κ1) is 25.8. The molecule has 0 unspecified atom stereocenters. The Morgan fingerprint density at radius 1 is 1.11 bits per heavy atom. The zero-order valence-electron chi connectivity index (χ0n) is 19.1. The summed E-state index contributed by atoms with van der Waals surface area (Å²) in [5.74, 6) is -0.791. The largest absolute Gasteiger partial charge is 0.492 e. The lowest BCUT2D eigenvalue weighted by atomic mass is 10.0. The third-order valence-electron chi connectivity index (χ3n) is 5.22. The Balaban J connectivity index is 1.56. The van der Waals surface area contributed by atoms with Gasteiger partial charge in [-0.1, -0.05) is 36.4 Å². The van der Waals surface area contributed by atoms with Crippen LogP contribution in [0.5, 0.6) is 5.75 Å². The fourth-order valence-corrected chi connectivity index (χ4v) is 3.76. The van der Waals surface area contributed by atoms with Crippen LogP contribution in [0.3, 0.4) is 0 Å². The lowest BCUT2D eigenvalue weighted by molar-refractivity contribution is -0.137. The Morgan fingerprint density at radius 2 is 1.86 bits per heavy atom. The van der Waals surface area contributed by atoms with Gasteiger partial charge in [-0.2, -0.15) is 0 Å². The maximum Gasteiger partial charge on any atom is 0.340 e. The van der Waals surface area contributed by atoms with Crippen LogP contribution in [-0.2, 0) is 14.3 Å². The highest BCUT2D eigenvalue weighted by Gasteiger charge is 2.16. The van der Waals surface area contributed by atoms with Crippen molar-refractivity contribution >= 4 is 40.3 Å². The summed E-state index contributed by atoms with van der Waals surface area (Å²) in [5.41, 5.74) is 2.76. The number of nitrogens with one attached hydrogen (secondary N) is 2. The van der Waals surface area contributed by atoms with Crippen LogP contribution in [0.1, 0.15) is 36.0 Å². The van der Waals surface area contributed by atoms with Crippen molar-refractivity contribution in [2.24, 2.45) is 0 Å². The fraction of sp³-hybridized carbons (Fsp3) is 0.269. The molecule has 8 nitrogen and oxygen atoms in total. The minimum Gasteiger partial charge on any atom is -0.492 e. The van der Waals surface area contributed by atoms with E-state index in [-0.39, 0.29) is 18.9 Å². The SMILES string of the molecule is C=CCOC(=O)c1c[nH]c2cc(Cl)c(-c3ccc(OCCNC(=O)CCCCC(=O)O)cc3)cc12. The fourth-order valence-electron chi connectivity index (χ4n) is 3.49. The van der Waals surface area contributed by atoms with Crippen LogP contribution >= 0.6 is 11.6 Å². The molecule has 3 N–H and O–H groups in total. The molecule has 0 saturated heterocycles. The number of benzene rings is 2. The van der Waals surface area contributed by atoms with E-state index in [1.54, 1.807) is 24.4 Å². The highest BCUT2D eigenvalue weighted by molar-refractivity contribution is 6.34. The number of carbonyl (C=O) groups excluding carboxylic acids is 2. The predicted octanol–water partition coefficient (Wildman–Crippen LogP) is 4.97. The zero-order valence-corrected chi connectivity index (χ0v) is 19.9. The van der Waals surface area contributed by atoms with Gasteiger partial charge >= 0.3 is 11.9 Å². The highest BCUT2D eigenvalue weighted by atomic mass is 35.5. The van der Waals surface area contributed by atoms with Crippen molar-refractivity contribution in [1.29, 1.82) is 0 Å². The average Bonchev–Trinajstić information content (AvgIpc) is 3.25. The Hall–Kier alpha value is -3.78. The summed E-state index contributed by atoms with van der Waals surface area (Å²) in [7, 11) is 0. The zero-order chi connectivity index (χ0) is 25.2. The van der Waals surface area contributed by atoms with Crippen LogP contribution in [0, 0.1) is 0 Å². The Bertz CT molecular complexity index is 1200. The molecule has 1 heterocycles. The number of aromatic nitrogens is 1. The minimum absolute atomic E-state index is 0.0695. The monoisotopic (exact) mass is 498 g/mol. The number of carboxylic acids is 1. The van der Waals surface area contributed by atoms with Gasteiger partial charge in [0.2, 0.25) is 5.91 Å². The predicted molar refractivity (Wildman–Crippen MR) is 134 cm³/mol. The van der Waals surface area contributed by atoms with Gasteiger partial charge in [0.1, 0.15) is 19.0 Å². The first-order valence-electron chi connectivity index (χ1n) is 11.2. The number of H-pyrrole nitrogens is 1. The van der Waals surface area contributed by atoms with Gasteiger partial charge in [-0.25, -0.2) is 4.79 Å². The van der Waals surface area contributed by atoms with Crippen LogP contribution in [0.4, 0.5) is 0 Å². The van der Waals surface area contributed by atoms with Gasteiger partial charge in [-0.05, 0) is 42.7 Å². The van der Waals surface area contributed by atoms with Crippen molar-refractivity contribution in [2.75, 3.05) is 19.8 Å². The Kier molecular flexibility index (Phi) is 9.31. The van der Waals surface area contributed by atoms with Gasteiger partial charge in [0.05, 0.1) is 17.1 Å². The summed E-state index contributed by atoms with van der Waals surface area (Å²) in [5, 5.41) is 12.6. The number of fused-ring (bicyclic) bond motifs is 1. The number of unbranched alkanes of at least 4 members (excludes halogenated alkanes) is 1. The molecule has 1 amide bonds. The maximum absolute atomic E-state index is 12.3. The molecule has 0 fully saturated rings. The maximum atomic E-state index is 12.3. The minimum atomic E-state index is -0.856. The molecule has 2 aromatic carbocycles. The molecule has 0 aliphatic carbocycles. The van der Waals surface area contributed by atoms with Crippen molar-refractivity contribution in [2.45, 2.75) is 25.7 Å². The number of rotatable bonds is 13. The van der Waals surface area contributed by atoms with Crippen LogP contribution in [0.2, 0.25) is 5.02 Å². The van der Waals surface area contributed by atoms with Crippen LogP contribution in [0.15, 0.2) is 55.3 Å². The second-order valence-corrected chi connectivity index (χ2v) is 8.20. The molecular formula is C26H27ClN2O6. The standard InChI is InChI=1S/C26H27ClN2O6/c1-2-12-35-26(33)21-16-29-23-15-22(27)19(14-20(21)23)17-7-9-18(10-8-17)34-13-11-28-24(30)5-3-4-6-25(31)32/h2,7-10,14-16,29H,1,3-6,11-13H2,(H,28,30)(H,31,32). The summed E-state index contributed by atoms with van der Waals surface area (Å²) < 4.78 is 10.8. The van der Waals surface area contributed by atoms with E-state index in [1.807, 2.05) is 18.2 Å². The number of amides is 1. The lowest BCUT2D eigenvalue weighted by Crippen LogP contribution is -2.27. The Labute approximate surface area is 207 Å². The second-order valence-electron chi connectivity index (χ2n) is 7.79. The molecule has 0 aliphatic heterocycles. The Morgan fingerprint density at radius 3 is 2.57 bits per heavy atom. The molecule has 0 bridgehead atoms. The number of hydrogen-bond donors (Lipinski definition) is 3. The van der Waals surface area contributed by atoms with E-state index < -0.39 is 11.9 Å². The van der Waals surface area contributed by atoms with Crippen molar-refractivity contribution in [3.05, 3.63) is 65.8 Å². The number of esters is 1. The van der Waals surface area contributed by atoms with E-state index in [4.69, 9.17) is 26.2 Å². The molecule has 3 rings (SSSR count). The van der Waals surface area contributed by atoms with E-state index in [9.17, 15) is 14.4 Å². The molecule has 3 aromatic rings. The lowest BCUT2D eigenvalue weighted by Gasteiger charge is -2.10. The van der Waals surface area contributed by atoms with Gasteiger partial charge in [0.15, 0.2) is 0 Å². The molecular weight excluding hydrogens is 472 g/mol. The molecule has 0 spiro atoms. The summed E-state index contributed by atoms with van der Waals surface area (Å²) in [6.07, 6.45) is 4.49. The third-order valence-corrected chi connectivity index (χ3v) is 5.54. The molecule has 1 aromatic heterocycles. The van der Waals surface area contributed by atoms with E-state index in [0.717, 1.165) is 16.6 Å². The van der Waals surface area contributed by atoms with E-state index in [1.165, 1.54) is 6.08 Å². The van der Waals surface area contributed by atoms with E-state index in [0.29, 0.717) is 54.1 Å². The van der Waals surface area contributed by atoms with Gasteiger partial charge < -0.3 is 24.9 Å². The molecule has 0 radical (unpaired) electrons. The van der Waals surface area contributed by atoms with Crippen molar-refractivity contribution in [1.82, 2.24) is 10.3 Å². The number of halogens is 1. The molecule has 184 valence electrons. The van der Waals surface area contributed by atoms with Crippen LogP contribution in [-0.4, -0.2) is 47.7 Å². The van der Waals surface area contributed by atoms with Crippen molar-refractivity contribution in [3.63, 3.8) is 0 Å². The number of ether oxygens (including phenoxy) is 2. The van der Waals surface area contributed by atoms with Crippen LogP contribution < -0.4 is 10.1 Å². The third kappa shape index (κ3) is 7.35. The summed E-state index contributed by atoms with van der Waals surface area (Å²) in [4.78, 5) is 37.6. The van der Waals surface area contributed by atoms with E-state index >= 15 is 0 Å². The second kappa shape index (κ2) is 12.6. The average molecular weight is 499 g/mol. The van der Waals surface area contributed by atoms with Gasteiger partial charge in [0.25, 0.3) is 0 Å². The topological polar surface area (TPSA) is 118 Å². The van der Waals surface area contributed by atoms with Gasteiger partial charge in [-0.3, -0.25) is 9.59 Å². The quantitative estimate of drug-likeness (QED) is 0.174. The molecule has 0 saturated carbocycles.